The lowest BCUT2D eigenvalue weighted by Crippen LogP contribution is -2.54. The first kappa shape index (κ1) is 21.6. The molecule has 1 amide bonds. The Balaban J connectivity index is 1.41. The van der Waals surface area contributed by atoms with E-state index < -0.39 is 5.54 Å². The highest BCUT2D eigenvalue weighted by Crippen LogP contribution is 2.23. The minimum Gasteiger partial charge on any atom is -0.338 e. The molecule has 0 unspecified atom stereocenters. The van der Waals surface area contributed by atoms with Gasteiger partial charge in [-0.05, 0) is 39.8 Å². The van der Waals surface area contributed by atoms with Gasteiger partial charge in [0.05, 0.1) is 22.6 Å². The molecule has 0 aliphatic carbocycles. The summed E-state index contributed by atoms with van der Waals surface area (Å²) in [4.78, 5) is 17.5. The first-order valence-electron chi connectivity index (χ1n) is 10.6. The Morgan fingerprint density at radius 3 is 2.39 bits per heavy atom. The summed E-state index contributed by atoms with van der Waals surface area (Å²) in [5.74, 6) is 0.0659. The van der Waals surface area contributed by atoms with Gasteiger partial charge in [-0.15, -0.1) is 0 Å². The molecule has 4 rings (SSSR count). The lowest BCUT2D eigenvalue weighted by molar-refractivity contribution is -0.141. The standard InChI is InChI=1S/C23H29ClN6O/c1-17-21(18(2)30(26-17)20-8-6-5-7-9-20)16-27-10-12-28(13-11-27)22(31)23(3,4)29-15-19(24)14-25-29/h5-9,14-15H,10-13,16H2,1-4H3. The maximum Gasteiger partial charge on any atom is 0.250 e. The average molecular weight is 441 g/mol. The third-order valence-corrected chi connectivity index (χ3v) is 6.33. The fourth-order valence-electron chi connectivity index (χ4n) is 4.15. The first-order chi connectivity index (χ1) is 14.8. The number of benzene rings is 1. The normalized spacial score (nSPS) is 15.5. The molecule has 2 aromatic heterocycles. The van der Waals surface area contributed by atoms with Crippen molar-refractivity contribution in [3.05, 3.63) is 64.7 Å². The fraction of sp³-hybridized carbons (Fsp3) is 0.435. The summed E-state index contributed by atoms with van der Waals surface area (Å²) in [7, 11) is 0. The number of halogens is 1. The molecule has 3 aromatic rings. The zero-order chi connectivity index (χ0) is 22.2. The summed E-state index contributed by atoms with van der Waals surface area (Å²) >= 11 is 6.00. The van der Waals surface area contributed by atoms with Gasteiger partial charge in [0, 0.05) is 50.2 Å². The van der Waals surface area contributed by atoms with E-state index in [0.717, 1.165) is 31.0 Å². The van der Waals surface area contributed by atoms with Crippen molar-refractivity contribution in [2.24, 2.45) is 0 Å². The summed E-state index contributed by atoms with van der Waals surface area (Å²) in [5, 5.41) is 9.54. The van der Waals surface area contributed by atoms with Crippen LogP contribution in [0.3, 0.4) is 0 Å². The number of amides is 1. The molecule has 0 atom stereocenters. The predicted octanol–water partition coefficient (Wildman–Crippen LogP) is 3.42. The van der Waals surface area contributed by atoms with E-state index in [-0.39, 0.29) is 5.91 Å². The van der Waals surface area contributed by atoms with Gasteiger partial charge in [0.25, 0.3) is 0 Å². The highest BCUT2D eigenvalue weighted by atomic mass is 35.5. The Kier molecular flexibility index (Phi) is 5.90. The van der Waals surface area contributed by atoms with Gasteiger partial charge < -0.3 is 4.90 Å². The topological polar surface area (TPSA) is 59.2 Å². The highest BCUT2D eigenvalue weighted by Gasteiger charge is 2.36. The van der Waals surface area contributed by atoms with Crippen LogP contribution in [0.25, 0.3) is 5.69 Å². The molecule has 0 spiro atoms. The predicted molar refractivity (Wildman–Crippen MR) is 121 cm³/mol. The highest BCUT2D eigenvalue weighted by molar-refractivity contribution is 6.30. The summed E-state index contributed by atoms with van der Waals surface area (Å²) < 4.78 is 3.66. The van der Waals surface area contributed by atoms with E-state index in [4.69, 9.17) is 16.7 Å². The molecule has 7 nitrogen and oxygen atoms in total. The van der Waals surface area contributed by atoms with Crippen LogP contribution in [0.5, 0.6) is 0 Å². The van der Waals surface area contributed by atoms with Gasteiger partial charge >= 0.3 is 0 Å². The van der Waals surface area contributed by atoms with Crippen molar-refractivity contribution >= 4 is 17.5 Å². The number of hydrogen-bond donors (Lipinski definition) is 0. The number of carbonyl (C=O) groups is 1. The monoisotopic (exact) mass is 440 g/mol. The van der Waals surface area contributed by atoms with Crippen molar-refractivity contribution in [3.63, 3.8) is 0 Å². The minimum atomic E-state index is -0.765. The minimum absolute atomic E-state index is 0.0659. The summed E-state index contributed by atoms with van der Waals surface area (Å²) in [6.07, 6.45) is 3.26. The maximum absolute atomic E-state index is 13.2. The second-order valence-corrected chi connectivity index (χ2v) is 9.06. The van der Waals surface area contributed by atoms with Crippen molar-refractivity contribution in [3.8, 4) is 5.69 Å². The zero-order valence-corrected chi connectivity index (χ0v) is 19.3. The van der Waals surface area contributed by atoms with Crippen molar-refractivity contribution in [1.82, 2.24) is 29.4 Å². The Morgan fingerprint density at radius 1 is 1.10 bits per heavy atom. The third-order valence-electron chi connectivity index (χ3n) is 6.13. The SMILES string of the molecule is Cc1nn(-c2ccccc2)c(C)c1CN1CCN(C(=O)C(C)(C)n2cc(Cl)cn2)CC1. The van der Waals surface area contributed by atoms with E-state index in [1.165, 1.54) is 11.3 Å². The molecule has 1 aliphatic rings. The van der Waals surface area contributed by atoms with Crippen molar-refractivity contribution < 1.29 is 4.79 Å². The second-order valence-electron chi connectivity index (χ2n) is 8.63. The zero-order valence-electron chi connectivity index (χ0n) is 18.5. The number of rotatable bonds is 5. The molecule has 0 N–H and O–H groups in total. The number of piperazine rings is 1. The Hall–Kier alpha value is -2.64. The molecular weight excluding hydrogens is 412 g/mol. The third kappa shape index (κ3) is 4.25. The number of nitrogens with zero attached hydrogens (tertiary/aromatic N) is 6. The van der Waals surface area contributed by atoms with Gasteiger partial charge in [-0.2, -0.15) is 10.2 Å². The van der Waals surface area contributed by atoms with Gasteiger partial charge in [0.2, 0.25) is 5.91 Å². The lowest BCUT2D eigenvalue weighted by Gasteiger charge is -2.38. The van der Waals surface area contributed by atoms with Crippen LogP contribution in [0.1, 0.15) is 30.8 Å². The molecule has 1 aromatic carbocycles. The Morgan fingerprint density at radius 2 is 1.77 bits per heavy atom. The van der Waals surface area contributed by atoms with Gasteiger partial charge in [0.15, 0.2) is 0 Å². The van der Waals surface area contributed by atoms with Crippen LogP contribution >= 0.6 is 11.6 Å². The summed E-state index contributed by atoms with van der Waals surface area (Å²) in [6, 6.07) is 10.2. The lowest BCUT2D eigenvalue weighted by atomic mass is 10.0. The van der Waals surface area contributed by atoms with E-state index in [1.807, 2.05) is 41.6 Å². The van der Waals surface area contributed by atoms with Crippen LogP contribution < -0.4 is 0 Å². The molecular formula is C23H29ClN6O. The van der Waals surface area contributed by atoms with Crippen LogP contribution in [-0.4, -0.2) is 61.4 Å². The number of aryl methyl sites for hydroxylation is 1. The molecule has 1 saturated heterocycles. The molecule has 0 radical (unpaired) electrons. The number of carbonyl (C=O) groups excluding carboxylic acids is 1. The molecule has 31 heavy (non-hydrogen) atoms. The fourth-order valence-corrected chi connectivity index (χ4v) is 4.28. The van der Waals surface area contributed by atoms with E-state index in [2.05, 4.69) is 36.0 Å². The smallest absolute Gasteiger partial charge is 0.250 e. The van der Waals surface area contributed by atoms with E-state index in [1.54, 1.807) is 17.1 Å². The van der Waals surface area contributed by atoms with E-state index >= 15 is 0 Å². The molecule has 3 heterocycles. The molecule has 0 bridgehead atoms. The van der Waals surface area contributed by atoms with E-state index in [0.29, 0.717) is 18.1 Å². The second kappa shape index (κ2) is 8.48. The van der Waals surface area contributed by atoms with Crippen LogP contribution in [0, 0.1) is 13.8 Å². The first-order valence-corrected chi connectivity index (χ1v) is 11.0. The number of para-hydroxylation sites is 1. The number of hydrogen-bond acceptors (Lipinski definition) is 4. The largest absolute Gasteiger partial charge is 0.338 e. The van der Waals surface area contributed by atoms with Gasteiger partial charge in [0.1, 0.15) is 5.54 Å². The van der Waals surface area contributed by atoms with Crippen LogP contribution in [0.4, 0.5) is 0 Å². The van der Waals surface area contributed by atoms with Gasteiger partial charge in [-0.3, -0.25) is 14.4 Å². The van der Waals surface area contributed by atoms with Crippen LogP contribution in [0.2, 0.25) is 5.02 Å². The van der Waals surface area contributed by atoms with E-state index in [9.17, 15) is 4.79 Å². The van der Waals surface area contributed by atoms with Gasteiger partial charge in [-0.1, -0.05) is 29.8 Å². The molecule has 8 heteroatoms. The molecule has 0 saturated carbocycles. The average Bonchev–Trinajstić information content (AvgIpc) is 3.33. The Bertz CT molecular complexity index is 1060. The van der Waals surface area contributed by atoms with Crippen molar-refractivity contribution in [2.45, 2.75) is 39.8 Å². The summed E-state index contributed by atoms with van der Waals surface area (Å²) in [5.41, 5.74) is 3.79. The van der Waals surface area contributed by atoms with Gasteiger partial charge in [-0.25, -0.2) is 4.68 Å². The quantitative estimate of drug-likeness (QED) is 0.610. The molecule has 1 fully saturated rings. The molecule has 164 valence electrons. The van der Waals surface area contributed by atoms with Crippen molar-refractivity contribution in [2.75, 3.05) is 26.2 Å². The Labute approximate surface area is 188 Å². The van der Waals surface area contributed by atoms with Crippen molar-refractivity contribution in [1.29, 1.82) is 0 Å². The van der Waals surface area contributed by atoms with Crippen LogP contribution in [-0.2, 0) is 16.9 Å². The number of aromatic nitrogens is 4. The molecule has 1 aliphatic heterocycles. The summed E-state index contributed by atoms with van der Waals surface area (Å²) in [6.45, 7) is 11.9. The maximum atomic E-state index is 13.2. The van der Waals surface area contributed by atoms with Crippen LogP contribution in [0.15, 0.2) is 42.7 Å².